The summed E-state index contributed by atoms with van der Waals surface area (Å²) in [7, 11) is 0. The first kappa shape index (κ1) is 17.0. The van der Waals surface area contributed by atoms with Crippen molar-refractivity contribution < 1.29 is 22.7 Å². The van der Waals surface area contributed by atoms with E-state index in [1.807, 2.05) is 0 Å². The molecule has 0 radical (unpaired) electrons. The maximum Gasteiger partial charge on any atom is 0.311 e. The molecular weight excluding hydrogens is 344 g/mol. The van der Waals surface area contributed by atoms with Crippen LogP contribution in [0.4, 0.5) is 8.78 Å². The molecule has 138 valence electrons. The van der Waals surface area contributed by atoms with Gasteiger partial charge in [-0.05, 0) is 38.8 Å². The van der Waals surface area contributed by atoms with Crippen LogP contribution in [0.25, 0.3) is 0 Å². The number of hydrogen-bond donors (Lipinski definition) is 1. The van der Waals surface area contributed by atoms with Crippen LogP contribution >= 0.6 is 0 Å². The van der Waals surface area contributed by atoms with Crippen molar-refractivity contribution in [2.24, 2.45) is 5.92 Å². The Hall–Kier alpha value is -2.48. The van der Waals surface area contributed by atoms with Gasteiger partial charge in [0.2, 0.25) is 0 Å². The fourth-order valence-corrected chi connectivity index (χ4v) is 3.87. The van der Waals surface area contributed by atoms with E-state index in [0.717, 1.165) is 44.1 Å². The summed E-state index contributed by atoms with van der Waals surface area (Å²) in [6.07, 6.45) is 3.35. The molecule has 1 amide bonds. The van der Waals surface area contributed by atoms with Crippen LogP contribution < -0.4 is 10.1 Å². The molecule has 1 aromatic carbocycles. The minimum Gasteiger partial charge on any atom is -0.425 e. The van der Waals surface area contributed by atoms with Crippen molar-refractivity contribution in [3.05, 3.63) is 41.9 Å². The summed E-state index contributed by atoms with van der Waals surface area (Å²) in [5.41, 5.74) is 0. The number of benzene rings is 1. The van der Waals surface area contributed by atoms with Crippen LogP contribution in [-0.2, 0) is 0 Å². The van der Waals surface area contributed by atoms with Crippen molar-refractivity contribution in [1.29, 1.82) is 0 Å². The van der Waals surface area contributed by atoms with E-state index in [4.69, 9.17) is 9.15 Å². The SMILES string of the molecule is C[C@H]1[C@H](NC(=O)c2ncc(Oc3cc(F)cc(F)c3)o2)C2CCN1CC2. The van der Waals surface area contributed by atoms with Gasteiger partial charge >= 0.3 is 11.9 Å². The zero-order valence-electron chi connectivity index (χ0n) is 14.2. The van der Waals surface area contributed by atoms with Gasteiger partial charge < -0.3 is 14.5 Å². The average Bonchev–Trinajstić information content (AvgIpc) is 3.06. The first-order valence-corrected chi connectivity index (χ1v) is 8.64. The minimum absolute atomic E-state index is 0.0542. The molecule has 3 fully saturated rings. The lowest BCUT2D eigenvalue weighted by molar-refractivity contribution is 0.0209. The molecule has 3 saturated heterocycles. The summed E-state index contributed by atoms with van der Waals surface area (Å²) in [5.74, 6) is -1.82. The predicted molar refractivity (Wildman–Crippen MR) is 87.9 cm³/mol. The number of nitrogens with one attached hydrogen (secondary N) is 1. The highest BCUT2D eigenvalue weighted by Gasteiger charge is 2.40. The van der Waals surface area contributed by atoms with Crippen LogP contribution in [0.5, 0.6) is 11.7 Å². The maximum atomic E-state index is 13.2. The van der Waals surface area contributed by atoms with E-state index in [9.17, 15) is 13.6 Å². The van der Waals surface area contributed by atoms with Crippen molar-refractivity contribution in [2.75, 3.05) is 13.1 Å². The van der Waals surface area contributed by atoms with Crippen molar-refractivity contribution in [3.8, 4) is 11.7 Å². The van der Waals surface area contributed by atoms with Gasteiger partial charge in [-0.1, -0.05) is 0 Å². The van der Waals surface area contributed by atoms with Gasteiger partial charge in [0.25, 0.3) is 5.89 Å². The van der Waals surface area contributed by atoms with Gasteiger partial charge in [0.05, 0.1) is 0 Å². The van der Waals surface area contributed by atoms with Gasteiger partial charge in [-0.3, -0.25) is 9.69 Å². The van der Waals surface area contributed by atoms with E-state index in [2.05, 4.69) is 22.1 Å². The quantitative estimate of drug-likeness (QED) is 0.905. The van der Waals surface area contributed by atoms with Crippen LogP contribution in [-0.4, -0.2) is 41.0 Å². The number of carbonyl (C=O) groups excluding carboxylic acids is 1. The Balaban J connectivity index is 1.43. The van der Waals surface area contributed by atoms with Crippen LogP contribution in [0.15, 0.2) is 28.8 Å². The molecule has 2 bridgehead atoms. The van der Waals surface area contributed by atoms with Gasteiger partial charge in [-0.15, -0.1) is 0 Å². The monoisotopic (exact) mass is 363 g/mol. The zero-order chi connectivity index (χ0) is 18.3. The number of piperidine rings is 3. The Morgan fingerprint density at radius 3 is 2.62 bits per heavy atom. The summed E-state index contributed by atoms with van der Waals surface area (Å²) in [6, 6.07) is 3.09. The summed E-state index contributed by atoms with van der Waals surface area (Å²) < 4.78 is 36.9. The lowest BCUT2D eigenvalue weighted by atomic mass is 9.79. The lowest BCUT2D eigenvalue weighted by Crippen LogP contribution is -2.62. The number of oxazole rings is 1. The van der Waals surface area contributed by atoms with E-state index >= 15 is 0 Å². The first-order valence-electron chi connectivity index (χ1n) is 8.64. The number of fused-ring (bicyclic) bond motifs is 3. The van der Waals surface area contributed by atoms with Crippen LogP contribution in [0, 0.1) is 17.6 Å². The molecule has 6 nitrogen and oxygen atoms in total. The Bertz CT molecular complexity index is 796. The minimum atomic E-state index is -0.770. The average molecular weight is 363 g/mol. The number of carbonyl (C=O) groups is 1. The second-order valence-electron chi connectivity index (χ2n) is 6.80. The molecule has 2 atom stereocenters. The number of nitrogens with zero attached hydrogens (tertiary/aromatic N) is 2. The predicted octanol–water partition coefficient (Wildman–Crippen LogP) is 2.96. The normalized spacial score (nSPS) is 27.3. The Morgan fingerprint density at radius 1 is 1.27 bits per heavy atom. The van der Waals surface area contributed by atoms with E-state index in [-0.39, 0.29) is 29.7 Å². The maximum absolute atomic E-state index is 13.2. The molecule has 8 heteroatoms. The number of rotatable bonds is 4. The third-order valence-corrected chi connectivity index (χ3v) is 5.21. The topological polar surface area (TPSA) is 67.6 Å². The van der Waals surface area contributed by atoms with Crippen molar-refractivity contribution in [1.82, 2.24) is 15.2 Å². The van der Waals surface area contributed by atoms with E-state index in [1.54, 1.807) is 0 Å². The molecule has 4 heterocycles. The fraction of sp³-hybridized carbons (Fsp3) is 0.444. The smallest absolute Gasteiger partial charge is 0.311 e. The number of hydrogen-bond acceptors (Lipinski definition) is 5. The van der Waals surface area contributed by atoms with Gasteiger partial charge in [0, 0.05) is 30.3 Å². The van der Waals surface area contributed by atoms with Gasteiger partial charge in [0.1, 0.15) is 23.6 Å². The zero-order valence-corrected chi connectivity index (χ0v) is 14.2. The van der Waals surface area contributed by atoms with E-state index in [1.165, 1.54) is 6.20 Å². The molecule has 3 aliphatic heterocycles. The molecule has 0 saturated carbocycles. The van der Waals surface area contributed by atoms with Crippen molar-refractivity contribution in [3.63, 3.8) is 0 Å². The Kier molecular flexibility index (Phi) is 4.36. The highest BCUT2D eigenvalue weighted by atomic mass is 19.1. The summed E-state index contributed by atoms with van der Waals surface area (Å²) in [6.45, 7) is 4.25. The van der Waals surface area contributed by atoms with Gasteiger partial charge in [0.15, 0.2) is 0 Å². The van der Waals surface area contributed by atoms with Gasteiger partial charge in [-0.25, -0.2) is 13.8 Å². The second kappa shape index (κ2) is 6.68. The molecule has 1 N–H and O–H groups in total. The van der Waals surface area contributed by atoms with Crippen LogP contribution in [0.3, 0.4) is 0 Å². The molecule has 0 unspecified atom stereocenters. The molecule has 2 aromatic rings. The summed E-state index contributed by atoms with van der Waals surface area (Å²) >= 11 is 0. The standard InChI is InChI=1S/C18H19F2N3O3/c1-10-16(11-2-4-23(10)5-3-11)22-17(24)18-21-9-15(26-18)25-14-7-12(19)6-13(20)8-14/h6-11,16H,2-5H2,1H3,(H,22,24)/t10-,16-/m0/s1. The van der Waals surface area contributed by atoms with E-state index < -0.39 is 17.5 Å². The Labute approximate surface area is 149 Å². The molecule has 1 aromatic heterocycles. The highest BCUT2D eigenvalue weighted by molar-refractivity contribution is 5.90. The van der Waals surface area contributed by atoms with Crippen molar-refractivity contribution >= 4 is 5.91 Å². The largest absolute Gasteiger partial charge is 0.425 e. The fourth-order valence-electron chi connectivity index (χ4n) is 3.87. The molecule has 3 aliphatic rings. The van der Waals surface area contributed by atoms with Crippen molar-refractivity contribution in [2.45, 2.75) is 31.8 Å². The third kappa shape index (κ3) is 3.29. The number of aromatic nitrogens is 1. The van der Waals surface area contributed by atoms with Crippen LogP contribution in [0.2, 0.25) is 0 Å². The number of amides is 1. The molecular formula is C18H19F2N3O3. The second-order valence-corrected chi connectivity index (χ2v) is 6.80. The number of halogens is 2. The molecule has 26 heavy (non-hydrogen) atoms. The molecule has 5 rings (SSSR count). The summed E-state index contributed by atoms with van der Waals surface area (Å²) in [5, 5.41) is 3.00. The highest BCUT2D eigenvalue weighted by Crippen LogP contribution is 2.32. The summed E-state index contributed by atoms with van der Waals surface area (Å²) in [4.78, 5) is 18.7. The molecule has 0 aliphatic carbocycles. The third-order valence-electron chi connectivity index (χ3n) is 5.21. The van der Waals surface area contributed by atoms with Gasteiger partial charge in [-0.2, -0.15) is 0 Å². The lowest BCUT2D eigenvalue weighted by Gasteiger charge is -2.49. The van der Waals surface area contributed by atoms with E-state index in [0.29, 0.717) is 5.92 Å². The van der Waals surface area contributed by atoms with Crippen LogP contribution in [0.1, 0.15) is 30.5 Å². The number of ether oxygens (including phenoxy) is 1. The molecule has 0 spiro atoms. The Morgan fingerprint density at radius 2 is 1.96 bits per heavy atom. The first-order chi connectivity index (χ1) is 12.5.